The highest BCUT2D eigenvalue weighted by Crippen LogP contribution is 2.41. The number of para-hydroxylation sites is 1. The van der Waals surface area contributed by atoms with Crippen LogP contribution in [0.25, 0.3) is 0 Å². The first-order chi connectivity index (χ1) is 10.4. The van der Waals surface area contributed by atoms with Gasteiger partial charge in [-0.25, -0.2) is 0 Å². The van der Waals surface area contributed by atoms with E-state index in [0.717, 1.165) is 0 Å². The molecule has 1 atom stereocenters. The molecule has 4 heteroatoms. The molecule has 4 nitrogen and oxygen atoms in total. The van der Waals surface area contributed by atoms with Crippen molar-refractivity contribution in [3.05, 3.63) is 66.2 Å². The molecule has 0 amide bonds. The first kappa shape index (κ1) is 16.0. The summed E-state index contributed by atoms with van der Waals surface area (Å²) in [6.07, 6.45) is 0. The van der Waals surface area contributed by atoms with Crippen LogP contribution in [-0.2, 0) is 15.3 Å². The third-order valence-corrected chi connectivity index (χ3v) is 3.89. The van der Waals surface area contributed by atoms with Crippen LogP contribution >= 0.6 is 0 Å². The second-order valence-electron chi connectivity index (χ2n) is 5.68. The predicted octanol–water partition coefficient (Wildman–Crippen LogP) is 3.14. The molecule has 0 radical (unpaired) electrons. The van der Waals surface area contributed by atoms with Crippen LogP contribution in [0.15, 0.2) is 60.7 Å². The minimum absolute atomic E-state index is 0.498. The van der Waals surface area contributed by atoms with Gasteiger partial charge in [-0.2, -0.15) is 0 Å². The first-order valence-electron chi connectivity index (χ1n) is 7.11. The van der Waals surface area contributed by atoms with Gasteiger partial charge in [0.05, 0.1) is 7.11 Å². The number of anilines is 1. The standard InChI is InChI=1S/C18H21NO3/c1-17(2,16(20)22-3)18(21,14-10-6-4-7-11-14)19-15-12-8-5-9-13-15/h4-13,19,21H,1-3H3. The smallest absolute Gasteiger partial charge is 0.316 e. The fraction of sp³-hybridized carbons (Fsp3) is 0.278. The third-order valence-electron chi connectivity index (χ3n) is 3.89. The van der Waals surface area contributed by atoms with E-state index in [-0.39, 0.29) is 0 Å². The van der Waals surface area contributed by atoms with Crippen molar-refractivity contribution in [2.24, 2.45) is 5.41 Å². The van der Waals surface area contributed by atoms with Crippen LogP contribution in [0.2, 0.25) is 0 Å². The van der Waals surface area contributed by atoms with Gasteiger partial charge in [-0.3, -0.25) is 4.79 Å². The maximum absolute atomic E-state index is 12.2. The Balaban J connectivity index is 2.52. The normalized spacial score (nSPS) is 14.0. The third kappa shape index (κ3) is 2.83. The first-order valence-corrected chi connectivity index (χ1v) is 7.11. The second-order valence-corrected chi connectivity index (χ2v) is 5.68. The average Bonchev–Trinajstić information content (AvgIpc) is 2.55. The molecule has 0 fully saturated rings. The Hall–Kier alpha value is -2.33. The number of nitrogens with one attached hydrogen (secondary N) is 1. The molecule has 116 valence electrons. The number of carbonyl (C=O) groups excluding carboxylic acids is 1. The SMILES string of the molecule is COC(=O)C(C)(C)C(O)(Nc1ccccc1)c1ccccc1. The molecule has 1 unspecified atom stereocenters. The Labute approximate surface area is 130 Å². The van der Waals surface area contributed by atoms with Gasteiger partial charge in [-0.1, -0.05) is 48.5 Å². The van der Waals surface area contributed by atoms with Crippen LogP contribution in [0, 0.1) is 5.41 Å². The summed E-state index contributed by atoms with van der Waals surface area (Å²) in [4.78, 5) is 12.2. The maximum atomic E-state index is 12.2. The molecule has 0 aliphatic carbocycles. The minimum Gasteiger partial charge on any atom is -0.468 e. The number of esters is 1. The van der Waals surface area contributed by atoms with E-state index in [9.17, 15) is 9.90 Å². The lowest BCUT2D eigenvalue weighted by molar-refractivity contribution is -0.166. The molecule has 0 aromatic heterocycles. The Morgan fingerprint density at radius 2 is 1.50 bits per heavy atom. The summed E-state index contributed by atoms with van der Waals surface area (Å²) in [5.74, 6) is -0.498. The lowest BCUT2D eigenvalue weighted by atomic mass is 9.76. The van der Waals surface area contributed by atoms with E-state index in [2.05, 4.69) is 5.32 Å². The van der Waals surface area contributed by atoms with E-state index in [1.807, 2.05) is 48.5 Å². The van der Waals surface area contributed by atoms with Gasteiger partial charge in [0.25, 0.3) is 0 Å². The van der Waals surface area contributed by atoms with Crippen molar-refractivity contribution < 1.29 is 14.6 Å². The van der Waals surface area contributed by atoms with Gasteiger partial charge in [-0.05, 0) is 26.0 Å². The summed E-state index contributed by atoms with van der Waals surface area (Å²) in [6, 6.07) is 18.3. The molecule has 2 aromatic rings. The molecule has 0 spiro atoms. The molecule has 0 saturated carbocycles. The van der Waals surface area contributed by atoms with Crippen LogP contribution in [0.4, 0.5) is 5.69 Å². The van der Waals surface area contributed by atoms with E-state index in [4.69, 9.17) is 4.74 Å². The summed E-state index contributed by atoms with van der Waals surface area (Å²) in [5.41, 5.74) is -1.50. The summed E-state index contributed by atoms with van der Waals surface area (Å²) >= 11 is 0. The molecular weight excluding hydrogens is 278 g/mol. The number of hydrogen-bond donors (Lipinski definition) is 2. The van der Waals surface area contributed by atoms with Gasteiger partial charge in [0, 0.05) is 11.3 Å². The fourth-order valence-electron chi connectivity index (χ4n) is 2.40. The molecule has 2 aromatic carbocycles. The summed E-state index contributed by atoms with van der Waals surface area (Å²) < 4.78 is 4.88. The van der Waals surface area contributed by atoms with Gasteiger partial charge < -0.3 is 15.2 Å². The van der Waals surface area contributed by atoms with Crippen molar-refractivity contribution in [3.8, 4) is 0 Å². The number of methoxy groups -OCH3 is 1. The van der Waals surface area contributed by atoms with Crippen LogP contribution in [-0.4, -0.2) is 18.2 Å². The van der Waals surface area contributed by atoms with Gasteiger partial charge in [-0.15, -0.1) is 0 Å². The molecule has 0 bridgehead atoms. The number of carbonyl (C=O) groups is 1. The highest BCUT2D eigenvalue weighted by Gasteiger charge is 2.51. The molecule has 0 saturated heterocycles. The number of hydrogen-bond acceptors (Lipinski definition) is 4. The summed E-state index contributed by atoms with van der Waals surface area (Å²) in [7, 11) is 1.32. The number of rotatable bonds is 5. The minimum atomic E-state index is -1.61. The summed E-state index contributed by atoms with van der Waals surface area (Å²) in [6.45, 7) is 3.31. The lowest BCUT2D eigenvalue weighted by Gasteiger charge is -2.42. The van der Waals surface area contributed by atoms with E-state index in [1.54, 1.807) is 26.0 Å². The van der Waals surface area contributed by atoms with Gasteiger partial charge in [0.2, 0.25) is 0 Å². The average molecular weight is 299 g/mol. The molecule has 0 aliphatic heterocycles. The zero-order valence-electron chi connectivity index (χ0n) is 13.0. The zero-order valence-corrected chi connectivity index (χ0v) is 13.0. The lowest BCUT2D eigenvalue weighted by Crippen LogP contribution is -2.53. The maximum Gasteiger partial charge on any atom is 0.316 e. The predicted molar refractivity (Wildman–Crippen MR) is 86.2 cm³/mol. The monoisotopic (exact) mass is 299 g/mol. The highest BCUT2D eigenvalue weighted by molar-refractivity contribution is 5.78. The van der Waals surface area contributed by atoms with Crippen LogP contribution in [0.5, 0.6) is 0 Å². The van der Waals surface area contributed by atoms with Crippen molar-refractivity contribution in [3.63, 3.8) is 0 Å². The fourth-order valence-corrected chi connectivity index (χ4v) is 2.40. The van der Waals surface area contributed by atoms with Crippen molar-refractivity contribution in [2.45, 2.75) is 19.6 Å². The quantitative estimate of drug-likeness (QED) is 0.658. The highest BCUT2D eigenvalue weighted by atomic mass is 16.5. The second kappa shape index (κ2) is 6.20. The van der Waals surface area contributed by atoms with Crippen LogP contribution in [0.1, 0.15) is 19.4 Å². The van der Waals surface area contributed by atoms with E-state index >= 15 is 0 Å². The van der Waals surface area contributed by atoms with E-state index < -0.39 is 17.1 Å². The van der Waals surface area contributed by atoms with E-state index in [1.165, 1.54) is 7.11 Å². The molecule has 2 N–H and O–H groups in total. The van der Waals surface area contributed by atoms with Gasteiger partial charge in [0.1, 0.15) is 5.41 Å². The Morgan fingerprint density at radius 3 is 2.00 bits per heavy atom. The van der Waals surface area contributed by atoms with Crippen LogP contribution < -0.4 is 5.32 Å². The topological polar surface area (TPSA) is 58.6 Å². The number of benzene rings is 2. The zero-order chi connectivity index (χ0) is 16.2. The largest absolute Gasteiger partial charge is 0.468 e. The Kier molecular flexibility index (Phi) is 4.52. The molecule has 0 aliphatic rings. The van der Waals surface area contributed by atoms with E-state index in [0.29, 0.717) is 11.3 Å². The summed E-state index contributed by atoms with van der Waals surface area (Å²) in [5, 5.41) is 14.4. The number of ether oxygens (including phenoxy) is 1. The number of aliphatic hydroxyl groups is 1. The van der Waals surface area contributed by atoms with Crippen molar-refractivity contribution in [2.75, 3.05) is 12.4 Å². The van der Waals surface area contributed by atoms with Crippen molar-refractivity contribution in [1.29, 1.82) is 0 Å². The molecule has 0 heterocycles. The van der Waals surface area contributed by atoms with Crippen molar-refractivity contribution in [1.82, 2.24) is 0 Å². The Bertz CT molecular complexity index is 625. The van der Waals surface area contributed by atoms with Gasteiger partial charge >= 0.3 is 5.97 Å². The van der Waals surface area contributed by atoms with Crippen LogP contribution in [0.3, 0.4) is 0 Å². The van der Waals surface area contributed by atoms with Crippen molar-refractivity contribution >= 4 is 11.7 Å². The van der Waals surface area contributed by atoms with Gasteiger partial charge in [0.15, 0.2) is 5.72 Å². The molecule has 22 heavy (non-hydrogen) atoms. The molecular formula is C18H21NO3. The Morgan fingerprint density at radius 1 is 1.00 bits per heavy atom. The molecule has 2 rings (SSSR count).